The Kier molecular flexibility index (Phi) is 21.2. The second kappa shape index (κ2) is 24.9. The van der Waals surface area contributed by atoms with Crippen LogP contribution in [-0.4, -0.2) is 88.2 Å². The lowest BCUT2D eigenvalue weighted by Gasteiger charge is -2.28. The van der Waals surface area contributed by atoms with E-state index in [1.807, 2.05) is 52.0 Å². The summed E-state index contributed by atoms with van der Waals surface area (Å²) in [4.78, 5) is 61.8. The Morgan fingerprint density at radius 2 is 0.949 bits per heavy atom. The molecule has 14 nitrogen and oxygen atoms in total. The van der Waals surface area contributed by atoms with E-state index in [0.29, 0.717) is 24.0 Å². The van der Waals surface area contributed by atoms with Crippen LogP contribution in [0.25, 0.3) is 22.3 Å². The lowest BCUT2D eigenvalue weighted by atomic mass is 10.0. The summed E-state index contributed by atoms with van der Waals surface area (Å²) in [5, 5.41) is 31.9. The molecule has 0 aliphatic carbocycles. The van der Waals surface area contributed by atoms with Gasteiger partial charge in [0.15, 0.2) is 0 Å². The third-order valence-electron chi connectivity index (χ3n) is 8.86. The van der Waals surface area contributed by atoms with Gasteiger partial charge in [-0.1, -0.05) is 64.1 Å². The minimum absolute atomic E-state index is 0. The second-order valence-electron chi connectivity index (χ2n) is 14.7. The maximum atomic E-state index is 13.5. The molecule has 2 aromatic carbocycles. The molecule has 4 aromatic rings. The third-order valence-corrected chi connectivity index (χ3v) is 8.86. The Morgan fingerprint density at radius 3 is 1.27 bits per heavy atom. The number of aliphatic hydroxyl groups is 2. The Bertz CT molecular complexity index is 1790. The monoisotopic (exact) mass is 852 g/mol. The summed E-state index contributed by atoms with van der Waals surface area (Å²) < 4.78 is 11.9. The van der Waals surface area contributed by atoms with Crippen molar-refractivity contribution >= 4 is 56.1 Å². The standard InChI is InChI=1S/C42H53BN6O8.2ClH/c1-25(2)19-35(46-41(54)37(27(5)50)48-39(52)31-13-7-11-29(21-31)33-15-9-17-44-23-33)56-43-57-36(20-26(3)4)47-42(55)38(28(6)51)49-40(53)32-14-8-12-30(22-32)34-16-10-18-45-24-34;;/h7-18,21-28,35-38,43,50-51H,19-20H2,1-6H3,(H,46,54)(H,47,55)(H,48,52)(H,49,53);2*1H/t27-,28-,35-,36-,37+,38+;;/m1../s1. The molecule has 4 amide bonds. The predicted molar refractivity (Wildman–Crippen MR) is 232 cm³/mol. The highest BCUT2D eigenvalue weighted by Crippen LogP contribution is 2.21. The number of aliphatic hydroxyl groups excluding tert-OH is 2. The second-order valence-corrected chi connectivity index (χ2v) is 14.7. The number of nitrogens with one attached hydrogen (secondary N) is 4. The molecule has 0 aliphatic rings. The number of carbonyl (C=O) groups is 4. The number of aromatic nitrogens is 2. The number of carbonyl (C=O) groups excluding carboxylic acids is 4. The minimum atomic E-state index is -1.31. The Labute approximate surface area is 358 Å². The van der Waals surface area contributed by atoms with Gasteiger partial charge in [0.2, 0.25) is 11.8 Å². The van der Waals surface area contributed by atoms with E-state index >= 15 is 0 Å². The van der Waals surface area contributed by atoms with Crippen LogP contribution in [0.4, 0.5) is 0 Å². The minimum Gasteiger partial charge on any atom is -0.393 e. The number of amides is 4. The Morgan fingerprint density at radius 1 is 0.576 bits per heavy atom. The highest BCUT2D eigenvalue weighted by atomic mass is 35.5. The summed E-state index contributed by atoms with van der Waals surface area (Å²) in [5.41, 5.74) is 3.75. The molecule has 6 N–H and O–H groups in total. The fraction of sp³-hybridized carbons (Fsp3) is 0.381. The van der Waals surface area contributed by atoms with E-state index in [9.17, 15) is 29.4 Å². The van der Waals surface area contributed by atoms with Crippen molar-refractivity contribution in [2.24, 2.45) is 11.8 Å². The molecule has 4 rings (SSSR count). The summed E-state index contributed by atoms with van der Waals surface area (Å²) in [5.74, 6) is -2.30. The molecule has 2 heterocycles. The number of halogens is 2. The summed E-state index contributed by atoms with van der Waals surface area (Å²) in [6, 6.07) is 18.4. The van der Waals surface area contributed by atoms with Crippen molar-refractivity contribution in [1.29, 1.82) is 0 Å². The first-order valence-corrected chi connectivity index (χ1v) is 19.0. The number of nitrogens with zero attached hydrogens (tertiary/aromatic N) is 2. The SMILES string of the molecule is CC(C)C[C@H](NC(=O)[C@@H](NC(=O)c1cccc(-c2cccnc2)c1)[C@@H](C)O)OBO[C@H](CC(C)C)NC(=O)[C@@H](NC(=O)c1cccc(-c2cccnc2)c1)[C@@H](C)O.Cl.Cl. The van der Waals surface area contributed by atoms with Gasteiger partial charge >= 0.3 is 7.69 Å². The van der Waals surface area contributed by atoms with Crippen LogP contribution in [0.2, 0.25) is 0 Å². The van der Waals surface area contributed by atoms with E-state index < -0.39 is 60.4 Å². The van der Waals surface area contributed by atoms with Gasteiger partial charge in [0.1, 0.15) is 24.5 Å². The van der Waals surface area contributed by atoms with Crippen molar-refractivity contribution in [3.8, 4) is 22.3 Å². The van der Waals surface area contributed by atoms with E-state index in [1.54, 1.807) is 73.3 Å². The molecule has 2 aromatic heterocycles. The van der Waals surface area contributed by atoms with E-state index in [2.05, 4.69) is 31.2 Å². The largest absolute Gasteiger partial charge is 0.441 e. The summed E-state index contributed by atoms with van der Waals surface area (Å²) in [6.07, 6.45) is 3.14. The third kappa shape index (κ3) is 16.0. The number of hydrogen-bond acceptors (Lipinski definition) is 10. The number of pyridine rings is 2. The molecule has 0 spiro atoms. The summed E-state index contributed by atoms with van der Waals surface area (Å²) >= 11 is 0. The van der Waals surface area contributed by atoms with Crippen LogP contribution in [-0.2, 0) is 18.9 Å². The molecule has 6 atom stereocenters. The quantitative estimate of drug-likeness (QED) is 0.0540. The summed E-state index contributed by atoms with van der Waals surface area (Å²) in [6.45, 7) is 10.6. The van der Waals surface area contributed by atoms with Crippen molar-refractivity contribution in [3.63, 3.8) is 0 Å². The van der Waals surface area contributed by atoms with Gasteiger partial charge in [-0.2, -0.15) is 0 Å². The van der Waals surface area contributed by atoms with Gasteiger partial charge in [0.25, 0.3) is 11.8 Å². The molecule has 0 saturated heterocycles. The molecule has 0 fully saturated rings. The molecule has 318 valence electrons. The van der Waals surface area contributed by atoms with E-state index in [-0.39, 0.29) is 44.3 Å². The molecular weight excluding hydrogens is 798 g/mol. The maximum Gasteiger partial charge on any atom is 0.441 e. The molecule has 0 saturated carbocycles. The molecule has 0 radical (unpaired) electrons. The number of hydrogen-bond donors (Lipinski definition) is 6. The number of benzene rings is 2. The van der Waals surface area contributed by atoms with Crippen LogP contribution in [0.1, 0.15) is 75.1 Å². The molecule has 0 unspecified atom stereocenters. The first-order valence-electron chi connectivity index (χ1n) is 19.0. The lowest BCUT2D eigenvalue weighted by molar-refractivity contribution is -0.128. The molecule has 59 heavy (non-hydrogen) atoms. The fourth-order valence-electron chi connectivity index (χ4n) is 5.90. The predicted octanol–water partition coefficient (Wildman–Crippen LogP) is 4.59. The van der Waals surface area contributed by atoms with Gasteiger partial charge in [-0.25, -0.2) is 0 Å². The van der Waals surface area contributed by atoms with E-state index in [0.717, 1.165) is 22.3 Å². The average Bonchev–Trinajstić information content (AvgIpc) is 3.18. The molecule has 0 bridgehead atoms. The van der Waals surface area contributed by atoms with Gasteiger partial charge in [-0.3, -0.25) is 29.1 Å². The van der Waals surface area contributed by atoms with Gasteiger partial charge in [0, 0.05) is 47.0 Å². The van der Waals surface area contributed by atoms with Crippen molar-refractivity contribution < 1.29 is 38.7 Å². The zero-order chi connectivity index (χ0) is 41.5. The first-order chi connectivity index (χ1) is 27.2. The Balaban J connectivity index is 0.00000600. The normalized spacial score (nSPS) is 13.9. The fourth-order valence-corrected chi connectivity index (χ4v) is 5.90. The van der Waals surface area contributed by atoms with Crippen molar-refractivity contribution in [3.05, 3.63) is 109 Å². The van der Waals surface area contributed by atoms with Crippen LogP contribution in [0.3, 0.4) is 0 Å². The topological polar surface area (TPSA) is 201 Å². The van der Waals surface area contributed by atoms with Crippen molar-refractivity contribution in [2.45, 2.75) is 91.1 Å². The van der Waals surface area contributed by atoms with Crippen LogP contribution in [0.5, 0.6) is 0 Å². The smallest absolute Gasteiger partial charge is 0.393 e. The average molecular weight is 854 g/mol. The van der Waals surface area contributed by atoms with Crippen molar-refractivity contribution in [1.82, 2.24) is 31.2 Å². The zero-order valence-electron chi connectivity index (χ0n) is 34.0. The summed E-state index contributed by atoms with van der Waals surface area (Å²) in [7, 11) is -0.352. The van der Waals surface area contributed by atoms with Crippen LogP contribution in [0, 0.1) is 11.8 Å². The van der Waals surface area contributed by atoms with E-state index in [1.165, 1.54) is 13.8 Å². The van der Waals surface area contributed by atoms with E-state index in [4.69, 9.17) is 9.31 Å². The van der Waals surface area contributed by atoms with Crippen LogP contribution >= 0.6 is 24.8 Å². The number of rotatable bonds is 20. The van der Waals surface area contributed by atoms with Gasteiger partial charge in [0.05, 0.1) is 12.2 Å². The zero-order valence-corrected chi connectivity index (χ0v) is 35.7. The maximum absolute atomic E-state index is 13.5. The molecule has 0 aliphatic heterocycles. The van der Waals surface area contributed by atoms with Crippen LogP contribution < -0.4 is 21.3 Å². The molecule has 17 heteroatoms. The van der Waals surface area contributed by atoms with Crippen molar-refractivity contribution in [2.75, 3.05) is 0 Å². The molecular formula is C42H55BCl2N6O8. The van der Waals surface area contributed by atoms with Gasteiger partial charge in [-0.15, -0.1) is 24.8 Å². The Hall–Kier alpha value is -4.90. The van der Waals surface area contributed by atoms with Crippen LogP contribution in [0.15, 0.2) is 97.6 Å². The highest BCUT2D eigenvalue weighted by molar-refractivity contribution is 6.18. The van der Waals surface area contributed by atoms with Gasteiger partial charge < -0.3 is 40.8 Å². The van der Waals surface area contributed by atoms with Gasteiger partial charge in [-0.05, 0) is 86.1 Å². The highest BCUT2D eigenvalue weighted by Gasteiger charge is 2.31. The first kappa shape index (κ1) is 50.2. The lowest BCUT2D eigenvalue weighted by Crippen LogP contribution is -2.56.